The van der Waals surface area contributed by atoms with Gasteiger partial charge in [-0.2, -0.15) is 0 Å². The van der Waals surface area contributed by atoms with Gasteiger partial charge in [-0.3, -0.25) is 4.90 Å². The Morgan fingerprint density at radius 2 is 2.22 bits per heavy atom. The van der Waals surface area contributed by atoms with E-state index in [0.717, 1.165) is 25.0 Å². The van der Waals surface area contributed by atoms with Gasteiger partial charge in [-0.05, 0) is 62.8 Å². The van der Waals surface area contributed by atoms with E-state index in [1.165, 1.54) is 36.9 Å². The van der Waals surface area contributed by atoms with Crippen molar-refractivity contribution in [2.45, 2.75) is 45.2 Å². The number of fused-ring (bicyclic) bond motifs is 1. The number of benzene rings is 1. The predicted octanol–water partition coefficient (Wildman–Crippen LogP) is 3.28. The van der Waals surface area contributed by atoms with Gasteiger partial charge in [0.05, 0.1) is 0 Å². The quantitative estimate of drug-likeness (QED) is 0.874. The maximum Gasteiger partial charge on any atom is 0.0375 e. The van der Waals surface area contributed by atoms with Crippen LogP contribution in [0.2, 0.25) is 0 Å². The Bertz CT molecular complexity index is 423. The van der Waals surface area contributed by atoms with Crippen LogP contribution >= 0.6 is 0 Å². The van der Waals surface area contributed by atoms with Crippen LogP contribution in [0, 0.1) is 5.92 Å². The fraction of sp³-hybridized carbons (Fsp3) is 0.625. The van der Waals surface area contributed by atoms with Crippen molar-refractivity contribution in [1.29, 1.82) is 0 Å². The van der Waals surface area contributed by atoms with Gasteiger partial charge >= 0.3 is 0 Å². The molecule has 98 valence electrons. The lowest BCUT2D eigenvalue weighted by Gasteiger charge is -2.27. The van der Waals surface area contributed by atoms with Crippen LogP contribution in [0.25, 0.3) is 0 Å². The van der Waals surface area contributed by atoms with E-state index in [4.69, 9.17) is 0 Å². The van der Waals surface area contributed by atoms with Crippen molar-refractivity contribution in [3.8, 4) is 0 Å². The number of hydrogen-bond donors (Lipinski definition) is 1. The minimum atomic E-state index is 0.734. The molecule has 1 atom stereocenters. The van der Waals surface area contributed by atoms with Gasteiger partial charge in [0.15, 0.2) is 0 Å². The van der Waals surface area contributed by atoms with Crippen molar-refractivity contribution in [3.05, 3.63) is 29.3 Å². The maximum atomic E-state index is 3.52. The molecule has 0 spiro atoms. The van der Waals surface area contributed by atoms with Crippen molar-refractivity contribution in [2.75, 3.05) is 18.9 Å². The van der Waals surface area contributed by atoms with Crippen LogP contribution < -0.4 is 5.32 Å². The molecule has 1 heterocycles. The van der Waals surface area contributed by atoms with Crippen molar-refractivity contribution in [2.24, 2.45) is 5.92 Å². The van der Waals surface area contributed by atoms with Gasteiger partial charge in [0.2, 0.25) is 0 Å². The lowest BCUT2D eigenvalue weighted by molar-refractivity contribution is 0.226. The average Bonchev–Trinajstić information content (AvgIpc) is 3.22. The van der Waals surface area contributed by atoms with Crippen LogP contribution in [0.1, 0.15) is 37.3 Å². The third-order valence-electron chi connectivity index (χ3n) is 4.61. The van der Waals surface area contributed by atoms with E-state index in [1.807, 2.05) is 0 Å². The summed E-state index contributed by atoms with van der Waals surface area (Å²) in [5.41, 5.74) is 4.44. The molecule has 1 unspecified atom stereocenters. The summed E-state index contributed by atoms with van der Waals surface area (Å²) in [6.07, 6.45) is 5.37. The molecule has 0 amide bonds. The minimum Gasteiger partial charge on any atom is -0.385 e. The summed E-state index contributed by atoms with van der Waals surface area (Å²) in [5.74, 6) is 0.952. The van der Waals surface area contributed by atoms with Crippen molar-refractivity contribution in [3.63, 3.8) is 0 Å². The molecule has 2 nitrogen and oxygen atoms in total. The van der Waals surface area contributed by atoms with E-state index in [-0.39, 0.29) is 0 Å². The van der Waals surface area contributed by atoms with Gasteiger partial charge in [-0.25, -0.2) is 0 Å². The number of hydrogen-bond acceptors (Lipinski definition) is 2. The highest BCUT2D eigenvalue weighted by Crippen LogP contribution is 2.35. The van der Waals surface area contributed by atoms with E-state index in [2.05, 4.69) is 42.4 Å². The Labute approximate surface area is 110 Å². The number of rotatable bonds is 4. The van der Waals surface area contributed by atoms with Gasteiger partial charge < -0.3 is 5.32 Å². The summed E-state index contributed by atoms with van der Waals surface area (Å²) in [5, 5.41) is 3.52. The molecular formula is C16H24N2. The van der Waals surface area contributed by atoms with Gasteiger partial charge in [0.1, 0.15) is 0 Å². The van der Waals surface area contributed by atoms with E-state index in [1.54, 1.807) is 5.56 Å². The monoisotopic (exact) mass is 244 g/mol. The third kappa shape index (κ3) is 2.39. The lowest BCUT2D eigenvalue weighted by Crippen LogP contribution is -2.31. The number of nitrogens with zero attached hydrogens (tertiary/aromatic N) is 1. The topological polar surface area (TPSA) is 15.3 Å². The molecule has 1 fully saturated rings. The molecule has 0 radical (unpaired) electrons. The second kappa shape index (κ2) is 4.93. The average molecular weight is 244 g/mol. The van der Waals surface area contributed by atoms with Crippen LogP contribution in [0.3, 0.4) is 0 Å². The summed E-state index contributed by atoms with van der Waals surface area (Å²) >= 11 is 0. The smallest absolute Gasteiger partial charge is 0.0375 e. The van der Waals surface area contributed by atoms with Gasteiger partial charge in [0.25, 0.3) is 0 Å². The maximum absolute atomic E-state index is 3.52. The third-order valence-corrected chi connectivity index (χ3v) is 4.61. The van der Waals surface area contributed by atoms with Crippen LogP contribution in [0.4, 0.5) is 5.69 Å². The Morgan fingerprint density at radius 3 is 3.00 bits per heavy atom. The van der Waals surface area contributed by atoms with Crippen molar-refractivity contribution >= 4 is 5.69 Å². The Morgan fingerprint density at radius 1 is 1.39 bits per heavy atom. The van der Waals surface area contributed by atoms with Gasteiger partial charge in [0, 0.05) is 24.8 Å². The molecule has 0 bridgehead atoms. The second-order valence-electron chi connectivity index (χ2n) is 5.97. The molecule has 1 aromatic rings. The second-order valence-corrected chi connectivity index (χ2v) is 5.97. The van der Waals surface area contributed by atoms with Crippen molar-refractivity contribution < 1.29 is 0 Å². The molecule has 1 N–H and O–H groups in total. The van der Waals surface area contributed by atoms with Crippen LogP contribution in [0.5, 0.6) is 0 Å². The predicted molar refractivity (Wildman–Crippen MR) is 76.9 cm³/mol. The van der Waals surface area contributed by atoms with Crippen LogP contribution in [0.15, 0.2) is 18.2 Å². The molecule has 2 heteroatoms. The summed E-state index contributed by atoms with van der Waals surface area (Å²) in [4.78, 5) is 2.53. The van der Waals surface area contributed by atoms with E-state index < -0.39 is 0 Å². The fourth-order valence-electron chi connectivity index (χ4n) is 3.08. The van der Waals surface area contributed by atoms with Gasteiger partial charge in [-0.1, -0.05) is 12.1 Å². The number of nitrogens with one attached hydrogen (secondary N) is 1. The highest BCUT2D eigenvalue weighted by atomic mass is 15.1. The van der Waals surface area contributed by atoms with Crippen LogP contribution in [-0.2, 0) is 13.0 Å². The first kappa shape index (κ1) is 12.0. The number of anilines is 1. The van der Waals surface area contributed by atoms with Gasteiger partial charge in [-0.15, -0.1) is 0 Å². The molecule has 18 heavy (non-hydrogen) atoms. The Balaban J connectivity index is 1.75. The zero-order chi connectivity index (χ0) is 12.5. The molecule has 1 aliphatic carbocycles. The van der Waals surface area contributed by atoms with E-state index in [0.29, 0.717) is 0 Å². The summed E-state index contributed by atoms with van der Waals surface area (Å²) in [6.45, 7) is 4.61. The normalized spacial score (nSPS) is 20.4. The first-order chi connectivity index (χ1) is 8.75. The van der Waals surface area contributed by atoms with Crippen molar-refractivity contribution in [1.82, 2.24) is 4.90 Å². The highest BCUT2D eigenvalue weighted by molar-refractivity contribution is 5.56. The summed E-state index contributed by atoms with van der Waals surface area (Å²) in [7, 11) is 2.28. The molecule has 1 aromatic carbocycles. The zero-order valence-corrected chi connectivity index (χ0v) is 11.6. The largest absolute Gasteiger partial charge is 0.385 e. The first-order valence-electron chi connectivity index (χ1n) is 7.30. The molecule has 3 rings (SSSR count). The molecule has 0 aromatic heterocycles. The Hall–Kier alpha value is -1.02. The summed E-state index contributed by atoms with van der Waals surface area (Å²) < 4.78 is 0. The zero-order valence-electron chi connectivity index (χ0n) is 11.6. The molecule has 1 aliphatic heterocycles. The Kier molecular flexibility index (Phi) is 3.29. The summed E-state index contributed by atoms with van der Waals surface area (Å²) in [6, 6.07) is 7.46. The standard InChI is InChI=1S/C16H24N2/c1-12(13-8-9-13)18(2)11-14-5-3-7-16-15(14)6-4-10-17-16/h3,5,7,12-13,17H,4,6,8-11H2,1-2H3. The lowest BCUT2D eigenvalue weighted by atomic mass is 9.97. The molecular weight excluding hydrogens is 220 g/mol. The highest BCUT2D eigenvalue weighted by Gasteiger charge is 2.30. The molecule has 0 saturated heterocycles. The fourth-order valence-corrected chi connectivity index (χ4v) is 3.08. The molecule has 2 aliphatic rings. The first-order valence-corrected chi connectivity index (χ1v) is 7.30. The van der Waals surface area contributed by atoms with E-state index in [9.17, 15) is 0 Å². The van der Waals surface area contributed by atoms with Crippen LogP contribution in [-0.4, -0.2) is 24.5 Å². The van der Waals surface area contributed by atoms with E-state index >= 15 is 0 Å². The molecule has 1 saturated carbocycles. The minimum absolute atomic E-state index is 0.734. The SMILES string of the molecule is CC(C1CC1)N(C)Cc1cccc2c1CCCN2.